The van der Waals surface area contributed by atoms with Crippen LogP contribution >= 0.6 is 23.2 Å². The summed E-state index contributed by atoms with van der Waals surface area (Å²) in [5, 5.41) is 5.33. The molecule has 1 aromatic heterocycles. The van der Waals surface area contributed by atoms with E-state index in [0.29, 0.717) is 55.6 Å². The van der Waals surface area contributed by atoms with Crippen LogP contribution in [0.25, 0.3) is 0 Å². The summed E-state index contributed by atoms with van der Waals surface area (Å²) >= 11 is 12.7. The SMILES string of the molecule is CCOC(=O)N1CCN(C(=O)c2c(C)nn(Cc3ccccc3Cl)c2Cl)CC1. The average Bonchev–Trinajstić information content (AvgIpc) is 2.96. The van der Waals surface area contributed by atoms with E-state index in [1.165, 1.54) is 0 Å². The van der Waals surface area contributed by atoms with Crippen molar-refractivity contribution in [3.8, 4) is 0 Å². The van der Waals surface area contributed by atoms with Crippen LogP contribution in [0.5, 0.6) is 0 Å². The molecule has 2 aromatic rings. The van der Waals surface area contributed by atoms with E-state index in [2.05, 4.69) is 5.10 Å². The lowest BCUT2D eigenvalue weighted by Crippen LogP contribution is -2.50. The van der Waals surface area contributed by atoms with E-state index in [-0.39, 0.29) is 17.2 Å². The Bertz CT molecular complexity index is 876. The van der Waals surface area contributed by atoms with Crippen molar-refractivity contribution in [2.45, 2.75) is 20.4 Å². The van der Waals surface area contributed by atoms with E-state index in [4.69, 9.17) is 27.9 Å². The Labute approximate surface area is 173 Å². The lowest BCUT2D eigenvalue weighted by atomic mass is 10.2. The molecule has 1 fully saturated rings. The standard InChI is InChI=1S/C19H22Cl2N4O3/c1-3-28-19(27)24-10-8-23(9-11-24)18(26)16-13(2)22-25(17(16)21)12-14-6-4-5-7-15(14)20/h4-7H,3,8-12H2,1-2H3. The van der Waals surface area contributed by atoms with Crippen molar-refractivity contribution in [2.75, 3.05) is 32.8 Å². The molecule has 1 aliphatic rings. The summed E-state index contributed by atoms with van der Waals surface area (Å²) < 4.78 is 6.59. The molecule has 0 radical (unpaired) electrons. The number of benzene rings is 1. The zero-order valence-electron chi connectivity index (χ0n) is 15.8. The van der Waals surface area contributed by atoms with Gasteiger partial charge in [0.25, 0.3) is 5.91 Å². The summed E-state index contributed by atoms with van der Waals surface area (Å²) in [5.41, 5.74) is 1.82. The normalized spacial score (nSPS) is 14.3. The van der Waals surface area contributed by atoms with Crippen molar-refractivity contribution in [3.05, 3.63) is 51.3 Å². The highest BCUT2D eigenvalue weighted by atomic mass is 35.5. The minimum absolute atomic E-state index is 0.184. The highest BCUT2D eigenvalue weighted by Crippen LogP contribution is 2.25. The fourth-order valence-corrected chi connectivity index (χ4v) is 3.66. The summed E-state index contributed by atoms with van der Waals surface area (Å²) in [7, 11) is 0. The number of carbonyl (C=O) groups excluding carboxylic acids is 2. The molecule has 3 rings (SSSR count). The predicted octanol–water partition coefficient (Wildman–Crippen LogP) is 3.46. The zero-order chi connectivity index (χ0) is 20.3. The molecular weight excluding hydrogens is 403 g/mol. The maximum atomic E-state index is 13.0. The van der Waals surface area contributed by atoms with Crippen LogP contribution in [0.4, 0.5) is 4.79 Å². The number of hydrogen-bond acceptors (Lipinski definition) is 4. The molecule has 150 valence electrons. The van der Waals surface area contributed by atoms with Gasteiger partial charge < -0.3 is 14.5 Å². The quantitative estimate of drug-likeness (QED) is 0.753. The number of rotatable bonds is 4. The van der Waals surface area contributed by atoms with Gasteiger partial charge in [-0.05, 0) is 25.5 Å². The first-order chi connectivity index (χ1) is 13.4. The summed E-state index contributed by atoms with van der Waals surface area (Å²) in [6.45, 7) is 5.93. The molecule has 9 heteroatoms. The van der Waals surface area contributed by atoms with Crippen LogP contribution in [0.2, 0.25) is 10.2 Å². The van der Waals surface area contributed by atoms with E-state index in [9.17, 15) is 9.59 Å². The lowest BCUT2D eigenvalue weighted by Gasteiger charge is -2.34. The molecule has 0 bridgehead atoms. The molecule has 0 unspecified atom stereocenters. The Balaban J connectivity index is 1.72. The molecule has 1 saturated heterocycles. The van der Waals surface area contributed by atoms with Gasteiger partial charge in [0.15, 0.2) is 0 Å². The first-order valence-electron chi connectivity index (χ1n) is 9.09. The lowest BCUT2D eigenvalue weighted by molar-refractivity contribution is 0.0570. The van der Waals surface area contributed by atoms with E-state index < -0.39 is 0 Å². The Morgan fingerprint density at radius 2 is 1.75 bits per heavy atom. The fourth-order valence-electron chi connectivity index (χ4n) is 3.15. The molecule has 0 atom stereocenters. The highest BCUT2D eigenvalue weighted by molar-refractivity contribution is 6.33. The molecule has 0 saturated carbocycles. The van der Waals surface area contributed by atoms with Gasteiger partial charge in [0.2, 0.25) is 0 Å². The molecule has 1 aliphatic heterocycles. The van der Waals surface area contributed by atoms with Gasteiger partial charge in [-0.3, -0.25) is 4.79 Å². The summed E-state index contributed by atoms with van der Waals surface area (Å²) in [6, 6.07) is 7.44. The monoisotopic (exact) mass is 424 g/mol. The van der Waals surface area contributed by atoms with Gasteiger partial charge in [-0.15, -0.1) is 0 Å². The molecule has 0 N–H and O–H groups in total. The Morgan fingerprint density at radius 1 is 1.11 bits per heavy atom. The Morgan fingerprint density at radius 3 is 2.39 bits per heavy atom. The molecular formula is C19H22Cl2N4O3. The number of carbonyl (C=O) groups is 2. The number of amides is 2. The third kappa shape index (κ3) is 4.25. The van der Waals surface area contributed by atoms with Crippen molar-refractivity contribution in [2.24, 2.45) is 0 Å². The smallest absolute Gasteiger partial charge is 0.409 e. The maximum absolute atomic E-state index is 13.0. The maximum Gasteiger partial charge on any atom is 0.409 e. The van der Waals surface area contributed by atoms with E-state index in [0.717, 1.165) is 5.56 Å². The van der Waals surface area contributed by atoms with E-state index >= 15 is 0 Å². The van der Waals surface area contributed by atoms with Crippen LogP contribution < -0.4 is 0 Å². The number of nitrogens with zero attached hydrogens (tertiary/aromatic N) is 4. The highest BCUT2D eigenvalue weighted by Gasteiger charge is 2.29. The van der Waals surface area contributed by atoms with Crippen LogP contribution in [0.15, 0.2) is 24.3 Å². The van der Waals surface area contributed by atoms with Gasteiger partial charge in [0, 0.05) is 31.2 Å². The summed E-state index contributed by atoms with van der Waals surface area (Å²) in [6.07, 6.45) is -0.351. The van der Waals surface area contributed by atoms with Gasteiger partial charge in [-0.1, -0.05) is 41.4 Å². The molecule has 28 heavy (non-hydrogen) atoms. The fraction of sp³-hybridized carbons (Fsp3) is 0.421. The van der Waals surface area contributed by atoms with Crippen LogP contribution in [0, 0.1) is 6.92 Å². The second-order valence-electron chi connectivity index (χ2n) is 6.48. The third-order valence-corrected chi connectivity index (χ3v) is 5.40. The van der Waals surface area contributed by atoms with Crippen molar-refractivity contribution < 1.29 is 14.3 Å². The van der Waals surface area contributed by atoms with Gasteiger partial charge in [0.1, 0.15) is 5.15 Å². The van der Waals surface area contributed by atoms with E-state index in [1.54, 1.807) is 34.4 Å². The minimum atomic E-state index is -0.351. The topological polar surface area (TPSA) is 67.7 Å². The molecule has 0 aliphatic carbocycles. The predicted molar refractivity (Wildman–Crippen MR) is 107 cm³/mol. The molecule has 0 spiro atoms. The van der Waals surface area contributed by atoms with Gasteiger partial charge in [-0.25, -0.2) is 9.48 Å². The first kappa shape index (κ1) is 20.5. The van der Waals surface area contributed by atoms with Gasteiger partial charge >= 0.3 is 6.09 Å². The van der Waals surface area contributed by atoms with Crippen LogP contribution in [-0.2, 0) is 11.3 Å². The zero-order valence-corrected chi connectivity index (χ0v) is 17.3. The largest absolute Gasteiger partial charge is 0.450 e. The van der Waals surface area contributed by atoms with Crippen LogP contribution in [0.1, 0.15) is 28.5 Å². The van der Waals surface area contributed by atoms with Crippen molar-refractivity contribution in [1.82, 2.24) is 19.6 Å². The van der Waals surface area contributed by atoms with Crippen LogP contribution in [-0.4, -0.2) is 64.4 Å². The molecule has 2 amide bonds. The average molecular weight is 425 g/mol. The van der Waals surface area contributed by atoms with Crippen molar-refractivity contribution in [1.29, 1.82) is 0 Å². The minimum Gasteiger partial charge on any atom is -0.450 e. The summed E-state index contributed by atoms with van der Waals surface area (Å²) in [5.74, 6) is -0.184. The number of halogens is 2. The molecule has 1 aromatic carbocycles. The molecule has 2 heterocycles. The van der Waals surface area contributed by atoms with E-state index in [1.807, 2.05) is 18.2 Å². The number of aromatic nitrogens is 2. The third-order valence-electron chi connectivity index (χ3n) is 4.65. The Hall–Kier alpha value is -2.25. The van der Waals surface area contributed by atoms with Gasteiger partial charge in [0.05, 0.1) is 24.4 Å². The van der Waals surface area contributed by atoms with Crippen LogP contribution in [0.3, 0.4) is 0 Å². The second kappa shape index (κ2) is 8.84. The number of hydrogen-bond donors (Lipinski definition) is 0. The number of ether oxygens (including phenoxy) is 1. The number of aryl methyl sites for hydroxylation is 1. The second-order valence-corrected chi connectivity index (χ2v) is 7.24. The Kier molecular flexibility index (Phi) is 6.46. The van der Waals surface area contributed by atoms with Gasteiger partial charge in [-0.2, -0.15) is 5.10 Å². The molecule has 7 nitrogen and oxygen atoms in total. The summed E-state index contributed by atoms with van der Waals surface area (Å²) in [4.78, 5) is 28.1. The number of piperazine rings is 1. The first-order valence-corrected chi connectivity index (χ1v) is 9.85. The van der Waals surface area contributed by atoms with Crippen molar-refractivity contribution >= 4 is 35.2 Å². The van der Waals surface area contributed by atoms with Crippen molar-refractivity contribution in [3.63, 3.8) is 0 Å².